The predicted octanol–water partition coefficient (Wildman–Crippen LogP) is 3.60. The third-order valence-electron chi connectivity index (χ3n) is 5.21. The topological polar surface area (TPSA) is 50.8 Å². The summed E-state index contributed by atoms with van der Waals surface area (Å²) in [5, 5.41) is 3.72. The average molecular weight is 387 g/mol. The molecule has 1 saturated heterocycles. The lowest BCUT2D eigenvalue weighted by Gasteiger charge is -2.31. The number of halogens is 1. The Morgan fingerprint density at radius 3 is 2.70 bits per heavy atom. The maximum absolute atomic E-state index is 12.5. The largest absolute Gasteiger partial charge is 0.454 e. The molecule has 5 nitrogen and oxygen atoms in total. The Bertz CT molecular complexity index is 819. The molecule has 1 amide bonds. The predicted molar refractivity (Wildman–Crippen MR) is 104 cm³/mol. The van der Waals surface area contributed by atoms with Gasteiger partial charge >= 0.3 is 0 Å². The van der Waals surface area contributed by atoms with E-state index in [9.17, 15) is 4.79 Å². The number of likely N-dealkylation sites (tertiary alicyclic amines) is 1. The second-order valence-corrected chi connectivity index (χ2v) is 7.45. The highest BCUT2D eigenvalue weighted by atomic mass is 35.5. The van der Waals surface area contributed by atoms with Crippen molar-refractivity contribution in [3.63, 3.8) is 0 Å². The Morgan fingerprint density at radius 2 is 1.89 bits per heavy atom. The first-order valence-corrected chi connectivity index (χ1v) is 9.69. The number of nitrogens with zero attached hydrogens (tertiary/aromatic N) is 1. The molecule has 0 atom stereocenters. The van der Waals surface area contributed by atoms with E-state index in [2.05, 4.69) is 16.3 Å². The number of piperidine rings is 1. The van der Waals surface area contributed by atoms with Crippen LogP contribution in [0.1, 0.15) is 24.0 Å². The molecule has 1 N–H and O–H groups in total. The first kappa shape index (κ1) is 18.1. The second kappa shape index (κ2) is 8.19. The molecule has 0 spiro atoms. The molecule has 27 heavy (non-hydrogen) atoms. The minimum absolute atomic E-state index is 0.0699. The molecule has 2 heterocycles. The van der Waals surface area contributed by atoms with Crippen molar-refractivity contribution in [2.24, 2.45) is 5.92 Å². The number of carbonyl (C=O) groups is 1. The number of hydrogen-bond donors (Lipinski definition) is 1. The van der Waals surface area contributed by atoms with Crippen LogP contribution in [0.2, 0.25) is 5.02 Å². The Hall–Kier alpha value is -2.24. The smallest absolute Gasteiger partial charge is 0.231 e. The highest BCUT2D eigenvalue weighted by molar-refractivity contribution is 6.31. The van der Waals surface area contributed by atoms with Crippen molar-refractivity contribution in [2.45, 2.75) is 25.9 Å². The van der Waals surface area contributed by atoms with Crippen LogP contribution in [0.5, 0.6) is 11.5 Å². The van der Waals surface area contributed by atoms with E-state index in [-0.39, 0.29) is 11.8 Å². The molecule has 0 aliphatic carbocycles. The zero-order valence-electron chi connectivity index (χ0n) is 15.1. The first-order chi connectivity index (χ1) is 13.2. The van der Waals surface area contributed by atoms with E-state index < -0.39 is 0 Å². The molecular formula is C21H23ClN2O3. The van der Waals surface area contributed by atoms with Crippen LogP contribution in [0, 0.1) is 5.92 Å². The lowest BCUT2D eigenvalue weighted by atomic mass is 9.95. The molecule has 142 valence electrons. The quantitative estimate of drug-likeness (QED) is 0.853. The molecular weight excluding hydrogens is 364 g/mol. The molecule has 2 aromatic rings. The summed E-state index contributed by atoms with van der Waals surface area (Å²) in [6.45, 7) is 3.48. The van der Waals surface area contributed by atoms with Crippen molar-refractivity contribution in [1.29, 1.82) is 0 Å². The van der Waals surface area contributed by atoms with Gasteiger partial charge in [0.25, 0.3) is 0 Å². The van der Waals surface area contributed by atoms with Crippen LogP contribution in [-0.2, 0) is 17.9 Å². The molecule has 2 aromatic carbocycles. The lowest BCUT2D eigenvalue weighted by molar-refractivity contribution is -0.126. The highest BCUT2D eigenvalue weighted by Crippen LogP contribution is 2.33. The van der Waals surface area contributed by atoms with Crippen molar-refractivity contribution in [3.8, 4) is 11.5 Å². The summed E-state index contributed by atoms with van der Waals surface area (Å²) in [6.07, 6.45) is 1.75. The van der Waals surface area contributed by atoms with Gasteiger partial charge in [-0.3, -0.25) is 9.69 Å². The minimum Gasteiger partial charge on any atom is -0.454 e. The number of nitrogens with one attached hydrogen (secondary N) is 1. The fourth-order valence-corrected chi connectivity index (χ4v) is 3.82. The van der Waals surface area contributed by atoms with Gasteiger partial charge in [0.15, 0.2) is 11.5 Å². The first-order valence-electron chi connectivity index (χ1n) is 9.31. The Kier molecular flexibility index (Phi) is 5.50. The monoisotopic (exact) mass is 386 g/mol. The summed E-state index contributed by atoms with van der Waals surface area (Å²) < 4.78 is 10.8. The van der Waals surface area contributed by atoms with Gasteiger partial charge in [0.2, 0.25) is 12.7 Å². The molecule has 0 unspecified atom stereocenters. The molecule has 0 bridgehead atoms. The summed E-state index contributed by atoms with van der Waals surface area (Å²) in [5.74, 6) is 1.83. The van der Waals surface area contributed by atoms with Crippen molar-refractivity contribution in [2.75, 3.05) is 19.9 Å². The summed E-state index contributed by atoms with van der Waals surface area (Å²) in [6, 6.07) is 13.7. The maximum atomic E-state index is 12.5. The van der Waals surface area contributed by atoms with Crippen molar-refractivity contribution >= 4 is 17.5 Å². The third-order valence-corrected chi connectivity index (χ3v) is 5.58. The van der Waals surface area contributed by atoms with E-state index in [0.717, 1.165) is 49.5 Å². The molecule has 0 radical (unpaired) electrons. The maximum Gasteiger partial charge on any atom is 0.231 e. The molecule has 4 rings (SSSR count). The SMILES string of the molecule is O=C(NCc1ccccc1Cl)C1CCN(Cc2ccc3c(c2)OCO3)CC1. The zero-order chi connectivity index (χ0) is 18.6. The molecule has 6 heteroatoms. The van der Waals surface area contributed by atoms with Gasteiger partial charge in [-0.1, -0.05) is 35.9 Å². The molecule has 0 saturated carbocycles. The van der Waals surface area contributed by atoms with Gasteiger partial charge in [-0.25, -0.2) is 0 Å². The van der Waals surface area contributed by atoms with E-state index in [1.54, 1.807) is 0 Å². The summed E-state index contributed by atoms with van der Waals surface area (Å²) >= 11 is 6.15. The number of ether oxygens (including phenoxy) is 2. The highest BCUT2D eigenvalue weighted by Gasteiger charge is 2.25. The van der Waals surface area contributed by atoms with Crippen LogP contribution in [0.3, 0.4) is 0 Å². The van der Waals surface area contributed by atoms with E-state index in [0.29, 0.717) is 18.4 Å². The average Bonchev–Trinajstić information content (AvgIpc) is 3.15. The fraction of sp³-hybridized carbons (Fsp3) is 0.381. The standard InChI is InChI=1S/C21H23ClN2O3/c22-18-4-2-1-3-17(18)12-23-21(25)16-7-9-24(10-8-16)13-15-5-6-19-20(11-15)27-14-26-19/h1-6,11,16H,7-10,12-14H2,(H,23,25). The molecule has 2 aliphatic rings. The summed E-state index contributed by atoms with van der Waals surface area (Å²) in [7, 11) is 0. The van der Waals surface area contributed by atoms with Gasteiger partial charge in [-0.15, -0.1) is 0 Å². The van der Waals surface area contributed by atoms with Gasteiger partial charge in [-0.05, 0) is 55.3 Å². The lowest BCUT2D eigenvalue weighted by Crippen LogP contribution is -2.40. The Balaban J connectivity index is 1.25. The summed E-state index contributed by atoms with van der Waals surface area (Å²) in [4.78, 5) is 14.9. The van der Waals surface area contributed by atoms with Crippen LogP contribution >= 0.6 is 11.6 Å². The van der Waals surface area contributed by atoms with Crippen molar-refractivity contribution < 1.29 is 14.3 Å². The van der Waals surface area contributed by atoms with Crippen molar-refractivity contribution in [1.82, 2.24) is 10.2 Å². The third kappa shape index (κ3) is 4.37. The molecule has 1 fully saturated rings. The Morgan fingerprint density at radius 1 is 1.11 bits per heavy atom. The van der Waals surface area contributed by atoms with E-state index in [4.69, 9.17) is 21.1 Å². The van der Waals surface area contributed by atoms with Gasteiger partial charge in [0.05, 0.1) is 0 Å². The van der Waals surface area contributed by atoms with Crippen LogP contribution in [0.4, 0.5) is 0 Å². The van der Waals surface area contributed by atoms with Gasteiger partial charge < -0.3 is 14.8 Å². The number of carbonyl (C=O) groups excluding carboxylic acids is 1. The van der Waals surface area contributed by atoms with Crippen LogP contribution in [0.25, 0.3) is 0 Å². The van der Waals surface area contributed by atoms with Crippen LogP contribution in [-0.4, -0.2) is 30.7 Å². The van der Waals surface area contributed by atoms with Crippen molar-refractivity contribution in [3.05, 3.63) is 58.6 Å². The second-order valence-electron chi connectivity index (χ2n) is 7.05. The zero-order valence-corrected chi connectivity index (χ0v) is 15.9. The van der Waals surface area contributed by atoms with Crippen LogP contribution < -0.4 is 14.8 Å². The van der Waals surface area contributed by atoms with Gasteiger partial charge in [-0.2, -0.15) is 0 Å². The van der Waals surface area contributed by atoms with E-state index in [1.165, 1.54) is 5.56 Å². The normalized spacial score (nSPS) is 17.1. The minimum atomic E-state index is 0.0699. The number of benzene rings is 2. The number of rotatable bonds is 5. The molecule has 2 aliphatic heterocycles. The fourth-order valence-electron chi connectivity index (χ4n) is 3.62. The van der Waals surface area contributed by atoms with Gasteiger partial charge in [0, 0.05) is 24.0 Å². The van der Waals surface area contributed by atoms with E-state index in [1.807, 2.05) is 36.4 Å². The van der Waals surface area contributed by atoms with Gasteiger partial charge in [0.1, 0.15) is 0 Å². The Labute approximate surface area is 164 Å². The summed E-state index contributed by atoms with van der Waals surface area (Å²) in [5.41, 5.74) is 2.16. The number of amides is 1. The number of hydrogen-bond acceptors (Lipinski definition) is 4. The van der Waals surface area contributed by atoms with E-state index >= 15 is 0 Å². The molecule has 0 aromatic heterocycles. The van der Waals surface area contributed by atoms with Crippen LogP contribution in [0.15, 0.2) is 42.5 Å². The number of fused-ring (bicyclic) bond motifs is 1.